The van der Waals surface area contributed by atoms with E-state index >= 15 is 0 Å². The van der Waals surface area contributed by atoms with Crippen LogP contribution in [0.1, 0.15) is 22.2 Å². The fourth-order valence-electron chi connectivity index (χ4n) is 1.40. The molecule has 2 N–H and O–H groups in total. The number of nitrogens with zero attached hydrogens (tertiary/aromatic N) is 2. The predicted octanol–water partition coefficient (Wildman–Crippen LogP) is 1.15. The topological polar surface area (TPSA) is 114 Å². The van der Waals surface area contributed by atoms with Crippen LogP contribution in [0, 0.1) is 6.92 Å². The molecule has 2 aromatic heterocycles. The van der Waals surface area contributed by atoms with E-state index in [1.54, 1.807) is 20.0 Å². The number of sulfonamides is 1. The van der Waals surface area contributed by atoms with Crippen LogP contribution in [0.15, 0.2) is 17.4 Å². The van der Waals surface area contributed by atoms with Gasteiger partial charge in [0.15, 0.2) is 10.2 Å². The van der Waals surface area contributed by atoms with Gasteiger partial charge in [-0.15, -0.1) is 11.3 Å². The Bertz CT molecular complexity index is 719. The van der Waals surface area contributed by atoms with Gasteiger partial charge in [0.05, 0.1) is 12.8 Å². The summed E-state index contributed by atoms with van der Waals surface area (Å²) >= 11 is 1.18. The second-order valence-corrected chi connectivity index (χ2v) is 6.57. The number of aromatic nitrogens is 3. The average molecular weight is 316 g/mol. The molecular formula is C10H12N4O4S2. The number of carbonyl (C=O) groups excluding carboxylic acids is 1. The molecule has 20 heavy (non-hydrogen) atoms. The molecule has 0 aromatic carbocycles. The summed E-state index contributed by atoms with van der Waals surface area (Å²) in [6.45, 7) is 3.57. The third-order valence-corrected chi connectivity index (χ3v) is 4.48. The Morgan fingerprint density at radius 2 is 2.25 bits per heavy atom. The van der Waals surface area contributed by atoms with Crippen molar-refractivity contribution in [3.8, 4) is 0 Å². The number of thiazole rings is 1. The highest BCUT2D eigenvalue weighted by molar-refractivity contribution is 7.92. The summed E-state index contributed by atoms with van der Waals surface area (Å²) in [5.41, 5.74) is -0.146. The van der Waals surface area contributed by atoms with Crippen LogP contribution in [-0.2, 0) is 14.8 Å². The molecule has 0 aliphatic carbocycles. The maximum atomic E-state index is 12.2. The molecule has 0 unspecified atom stereocenters. The Kier molecular flexibility index (Phi) is 4.04. The Balaban J connectivity index is 2.30. The molecule has 108 valence electrons. The first kappa shape index (κ1) is 14.5. The van der Waals surface area contributed by atoms with Crippen molar-refractivity contribution >= 4 is 32.5 Å². The van der Waals surface area contributed by atoms with Gasteiger partial charge >= 0.3 is 5.97 Å². The summed E-state index contributed by atoms with van der Waals surface area (Å²) in [4.78, 5) is 16.4. The average Bonchev–Trinajstić information content (AvgIpc) is 2.98. The van der Waals surface area contributed by atoms with Gasteiger partial charge in [0.2, 0.25) is 0 Å². The van der Waals surface area contributed by atoms with E-state index in [0.717, 1.165) is 11.1 Å². The van der Waals surface area contributed by atoms with E-state index in [2.05, 4.69) is 19.9 Å². The molecule has 2 aromatic rings. The SMILES string of the molecule is CCOC(=O)c1cn[nH]c1S(=O)(=O)Nc1ncc(C)s1. The molecule has 0 radical (unpaired) electrons. The van der Waals surface area contributed by atoms with Gasteiger partial charge in [0.25, 0.3) is 10.0 Å². The lowest BCUT2D eigenvalue weighted by Crippen LogP contribution is -2.17. The molecular weight excluding hydrogens is 304 g/mol. The van der Waals surface area contributed by atoms with Gasteiger partial charge in [-0.2, -0.15) is 13.5 Å². The third kappa shape index (κ3) is 2.96. The molecule has 0 fully saturated rings. The molecule has 8 nitrogen and oxygen atoms in total. The molecule has 0 bridgehead atoms. The smallest absolute Gasteiger partial charge is 0.342 e. The second-order valence-electron chi connectivity index (χ2n) is 3.71. The quantitative estimate of drug-likeness (QED) is 0.800. The summed E-state index contributed by atoms with van der Waals surface area (Å²) in [7, 11) is -3.97. The minimum absolute atomic E-state index is 0.141. The van der Waals surface area contributed by atoms with Crippen molar-refractivity contribution in [3.05, 3.63) is 22.8 Å². The van der Waals surface area contributed by atoms with Crippen LogP contribution in [0.2, 0.25) is 0 Å². The molecule has 10 heteroatoms. The zero-order valence-corrected chi connectivity index (χ0v) is 12.3. The van der Waals surface area contributed by atoms with Gasteiger partial charge < -0.3 is 4.74 Å². The number of H-pyrrole nitrogens is 1. The number of nitrogens with one attached hydrogen (secondary N) is 2. The highest BCUT2D eigenvalue weighted by atomic mass is 32.2. The normalized spacial score (nSPS) is 11.3. The lowest BCUT2D eigenvalue weighted by atomic mass is 10.4. The maximum Gasteiger partial charge on any atom is 0.342 e. The lowest BCUT2D eigenvalue weighted by Gasteiger charge is -2.05. The lowest BCUT2D eigenvalue weighted by molar-refractivity contribution is 0.0522. The number of hydrogen-bond donors (Lipinski definition) is 2. The highest BCUT2D eigenvalue weighted by Gasteiger charge is 2.26. The fourth-order valence-corrected chi connectivity index (χ4v) is 3.40. The van der Waals surface area contributed by atoms with Crippen LogP contribution in [0.5, 0.6) is 0 Å². The van der Waals surface area contributed by atoms with Gasteiger partial charge in [0, 0.05) is 11.1 Å². The van der Waals surface area contributed by atoms with Gasteiger partial charge in [-0.25, -0.2) is 9.78 Å². The molecule has 0 spiro atoms. The van der Waals surface area contributed by atoms with E-state index < -0.39 is 16.0 Å². The Hall–Kier alpha value is -1.94. The number of rotatable bonds is 5. The first-order valence-electron chi connectivity index (χ1n) is 5.59. The van der Waals surface area contributed by atoms with E-state index in [-0.39, 0.29) is 22.3 Å². The van der Waals surface area contributed by atoms with Gasteiger partial charge in [-0.1, -0.05) is 0 Å². The molecule has 0 aliphatic rings. The molecule has 0 aliphatic heterocycles. The van der Waals surface area contributed by atoms with Crippen molar-refractivity contribution in [2.45, 2.75) is 18.9 Å². The van der Waals surface area contributed by atoms with Gasteiger partial charge in [0.1, 0.15) is 5.56 Å². The van der Waals surface area contributed by atoms with Crippen molar-refractivity contribution in [1.82, 2.24) is 15.2 Å². The van der Waals surface area contributed by atoms with Crippen LogP contribution < -0.4 is 4.72 Å². The van der Waals surface area contributed by atoms with Gasteiger partial charge in [-0.3, -0.25) is 9.82 Å². The minimum Gasteiger partial charge on any atom is -0.462 e. The molecule has 0 amide bonds. The van der Waals surface area contributed by atoms with Gasteiger partial charge in [-0.05, 0) is 13.8 Å². The molecule has 0 atom stereocenters. The van der Waals surface area contributed by atoms with Crippen LogP contribution in [0.25, 0.3) is 0 Å². The number of carbonyl (C=O) groups is 1. The zero-order valence-electron chi connectivity index (χ0n) is 10.7. The number of aryl methyl sites for hydroxylation is 1. The summed E-state index contributed by atoms with van der Waals surface area (Å²) in [6, 6.07) is 0. The van der Waals surface area contributed by atoms with Crippen LogP contribution >= 0.6 is 11.3 Å². The number of hydrogen-bond acceptors (Lipinski definition) is 7. The van der Waals surface area contributed by atoms with Crippen molar-refractivity contribution in [2.24, 2.45) is 0 Å². The van der Waals surface area contributed by atoms with Crippen molar-refractivity contribution in [1.29, 1.82) is 0 Å². The largest absolute Gasteiger partial charge is 0.462 e. The number of esters is 1. The van der Waals surface area contributed by atoms with E-state index in [0.29, 0.717) is 0 Å². The third-order valence-electron chi connectivity index (χ3n) is 2.21. The predicted molar refractivity (Wildman–Crippen MR) is 72.2 cm³/mol. The first-order chi connectivity index (χ1) is 9.44. The molecule has 0 saturated heterocycles. The Morgan fingerprint density at radius 3 is 2.85 bits per heavy atom. The fraction of sp³-hybridized carbons (Fsp3) is 0.300. The first-order valence-corrected chi connectivity index (χ1v) is 7.89. The van der Waals surface area contributed by atoms with Crippen molar-refractivity contribution in [2.75, 3.05) is 11.3 Å². The van der Waals surface area contributed by atoms with E-state index in [4.69, 9.17) is 4.74 Å². The molecule has 0 saturated carbocycles. The summed E-state index contributed by atoms with van der Waals surface area (Å²) in [5.74, 6) is -0.753. The molecule has 2 heterocycles. The number of anilines is 1. The number of ether oxygens (including phenoxy) is 1. The highest BCUT2D eigenvalue weighted by Crippen LogP contribution is 2.22. The molecule has 2 rings (SSSR count). The van der Waals surface area contributed by atoms with E-state index in [1.165, 1.54) is 11.3 Å². The zero-order chi connectivity index (χ0) is 14.8. The maximum absolute atomic E-state index is 12.2. The summed E-state index contributed by atoms with van der Waals surface area (Å²) < 4.78 is 31.4. The van der Waals surface area contributed by atoms with Crippen LogP contribution in [-0.4, -0.2) is 36.2 Å². The van der Waals surface area contributed by atoms with E-state index in [1.807, 2.05) is 0 Å². The Labute approximate surface area is 119 Å². The standard InChI is InChI=1S/C10H12N4O4S2/c1-3-18-9(15)7-5-12-13-8(7)20(16,17)14-10-11-4-6(2)19-10/h4-5H,3H2,1-2H3,(H,11,14)(H,12,13). The monoisotopic (exact) mass is 316 g/mol. The minimum atomic E-state index is -3.97. The second kappa shape index (κ2) is 5.59. The van der Waals surface area contributed by atoms with E-state index in [9.17, 15) is 13.2 Å². The van der Waals surface area contributed by atoms with Crippen molar-refractivity contribution < 1.29 is 17.9 Å². The summed E-state index contributed by atoms with van der Waals surface area (Å²) in [6.07, 6.45) is 2.65. The van der Waals surface area contributed by atoms with Crippen molar-refractivity contribution in [3.63, 3.8) is 0 Å². The Morgan fingerprint density at radius 1 is 1.50 bits per heavy atom. The van der Waals surface area contributed by atoms with Crippen LogP contribution in [0.3, 0.4) is 0 Å². The van der Waals surface area contributed by atoms with Crippen LogP contribution in [0.4, 0.5) is 5.13 Å². The number of aromatic amines is 1. The summed E-state index contributed by atoms with van der Waals surface area (Å²) in [5, 5.41) is 5.74.